The molecule has 0 bridgehead atoms. The molecule has 2 N–H and O–H groups in total. The van der Waals surface area contributed by atoms with Crippen LogP contribution in [0.5, 0.6) is 0 Å². The van der Waals surface area contributed by atoms with Crippen LogP contribution < -0.4 is 10.0 Å². The van der Waals surface area contributed by atoms with Crippen LogP contribution in [0.4, 0.5) is 5.69 Å². The lowest BCUT2D eigenvalue weighted by molar-refractivity contribution is 0.581. The summed E-state index contributed by atoms with van der Waals surface area (Å²) in [7, 11) is -1.88. The number of nitrogens with one attached hydrogen (secondary N) is 2. The summed E-state index contributed by atoms with van der Waals surface area (Å²) >= 11 is 1.51. The van der Waals surface area contributed by atoms with E-state index in [1.165, 1.54) is 17.5 Å². The van der Waals surface area contributed by atoms with E-state index < -0.39 is 10.0 Å². The first-order valence-electron chi connectivity index (χ1n) is 5.63. The van der Waals surface area contributed by atoms with Crippen molar-refractivity contribution in [3.05, 3.63) is 35.0 Å². The van der Waals surface area contributed by atoms with Gasteiger partial charge in [-0.1, -0.05) is 0 Å². The largest absolute Gasteiger partial charge is 0.387 e. The molecule has 0 aliphatic heterocycles. The Morgan fingerprint density at radius 3 is 2.89 bits per heavy atom. The minimum atomic E-state index is -3.55. The molecule has 0 spiro atoms. The van der Waals surface area contributed by atoms with E-state index >= 15 is 0 Å². The normalized spacial score (nSPS) is 11.4. The molecule has 0 aliphatic carbocycles. The Balaban J connectivity index is 2.05. The van der Waals surface area contributed by atoms with Crippen molar-refractivity contribution in [3.8, 4) is 0 Å². The lowest BCUT2D eigenvalue weighted by Crippen LogP contribution is -2.26. The molecule has 0 amide bonds. The first-order chi connectivity index (χ1) is 9.13. The average molecular weight is 298 g/mol. The van der Waals surface area contributed by atoms with E-state index in [0.29, 0.717) is 18.7 Å². The third kappa shape index (κ3) is 3.49. The zero-order valence-electron chi connectivity index (χ0n) is 10.3. The van der Waals surface area contributed by atoms with Gasteiger partial charge < -0.3 is 5.32 Å². The Bertz CT molecular complexity index is 626. The van der Waals surface area contributed by atoms with Gasteiger partial charge in [-0.05, 0) is 6.07 Å². The fourth-order valence-electron chi connectivity index (χ4n) is 1.55. The van der Waals surface area contributed by atoms with Crippen molar-refractivity contribution < 1.29 is 8.42 Å². The van der Waals surface area contributed by atoms with Gasteiger partial charge in [-0.2, -0.15) is 0 Å². The summed E-state index contributed by atoms with van der Waals surface area (Å²) < 4.78 is 26.8. The Morgan fingerprint density at radius 1 is 1.37 bits per heavy atom. The lowest BCUT2D eigenvalue weighted by Gasteiger charge is -2.09. The van der Waals surface area contributed by atoms with Gasteiger partial charge in [0.2, 0.25) is 10.0 Å². The fraction of sp³-hybridized carbons (Fsp3) is 0.273. The summed E-state index contributed by atoms with van der Waals surface area (Å²) in [5, 5.41) is 5.61. The standard InChI is InChI=1S/C11H14N4O2S2/c1-12-9-2-4-13-8-10(9)19(16,17)15-5-3-11-14-6-7-18-11/h2,4,6-8,15H,3,5H2,1H3,(H,12,13). The number of nitrogens with zero attached hydrogens (tertiary/aromatic N) is 2. The van der Waals surface area contributed by atoms with Gasteiger partial charge in [0.25, 0.3) is 0 Å². The highest BCUT2D eigenvalue weighted by atomic mass is 32.2. The Kier molecular flexibility index (Phi) is 4.46. The molecule has 19 heavy (non-hydrogen) atoms. The van der Waals surface area contributed by atoms with Crippen molar-refractivity contribution in [1.29, 1.82) is 0 Å². The minimum Gasteiger partial charge on any atom is -0.387 e. The summed E-state index contributed by atoms with van der Waals surface area (Å²) in [5.74, 6) is 0. The van der Waals surface area contributed by atoms with Crippen molar-refractivity contribution in [2.45, 2.75) is 11.3 Å². The topological polar surface area (TPSA) is 84.0 Å². The molecule has 0 aliphatic rings. The second-order valence-electron chi connectivity index (χ2n) is 3.70. The summed E-state index contributed by atoms with van der Waals surface area (Å²) in [6.07, 6.45) is 5.15. The van der Waals surface area contributed by atoms with E-state index in [0.717, 1.165) is 5.01 Å². The molecule has 0 fully saturated rings. The number of sulfonamides is 1. The molecule has 2 rings (SSSR count). The monoisotopic (exact) mass is 298 g/mol. The average Bonchev–Trinajstić information content (AvgIpc) is 2.91. The van der Waals surface area contributed by atoms with Crippen molar-refractivity contribution >= 4 is 27.0 Å². The van der Waals surface area contributed by atoms with Gasteiger partial charge in [0.15, 0.2) is 0 Å². The van der Waals surface area contributed by atoms with Crippen LogP contribution in [0.2, 0.25) is 0 Å². The van der Waals surface area contributed by atoms with E-state index in [1.54, 1.807) is 25.5 Å². The van der Waals surface area contributed by atoms with Crippen LogP contribution in [-0.4, -0.2) is 32.0 Å². The molecule has 0 unspecified atom stereocenters. The van der Waals surface area contributed by atoms with Gasteiger partial charge in [0.1, 0.15) is 4.90 Å². The van der Waals surface area contributed by atoms with Crippen LogP contribution in [0.3, 0.4) is 0 Å². The first-order valence-corrected chi connectivity index (χ1v) is 7.99. The SMILES string of the molecule is CNc1ccncc1S(=O)(=O)NCCc1nccs1. The summed E-state index contributed by atoms with van der Waals surface area (Å²) in [6.45, 7) is 0.313. The van der Waals surface area contributed by atoms with Crippen LogP contribution in [0.25, 0.3) is 0 Å². The zero-order valence-corrected chi connectivity index (χ0v) is 12.0. The molecule has 6 nitrogen and oxygen atoms in total. The number of hydrogen-bond donors (Lipinski definition) is 2. The van der Waals surface area contributed by atoms with Gasteiger partial charge in [0.05, 0.1) is 10.7 Å². The molecule has 102 valence electrons. The number of pyridine rings is 1. The Morgan fingerprint density at radius 2 is 2.21 bits per heavy atom. The molecule has 0 aromatic carbocycles. The van der Waals surface area contributed by atoms with Crippen molar-refractivity contribution in [2.75, 3.05) is 18.9 Å². The maximum atomic E-state index is 12.1. The van der Waals surface area contributed by atoms with Gasteiger partial charge in [0, 0.05) is 44.0 Å². The predicted octanol–water partition coefficient (Wildman–Crippen LogP) is 1.10. The summed E-state index contributed by atoms with van der Waals surface area (Å²) in [6, 6.07) is 1.62. The molecule has 2 heterocycles. The number of thiazole rings is 1. The molecule has 0 atom stereocenters. The van der Waals surface area contributed by atoms with Crippen molar-refractivity contribution in [3.63, 3.8) is 0 Å². The molecular formula is C11H14N4O2S2. The lowest BCUT2D eigenvalue weighted by atomic mass is 10.4. The quantitative estimate of drug-likeness (QED) is 0.834. The highest BCUT2D eigenvalue weighted by Gasteiger charge is 2.17. The first kappa shape index (κ1) is 13.9. The van der Waals surface area contributed by atoms with Gasteiger partial charge in [-0.3, -0.25) is 4.98 Å². The summed E-state index contributed by atoms with van der Waals surface area (Å²) in [4.78, 5) is 8.10. The molecule has 0 saturated heterocycles. The maximum Gasteiger partial charge on any atom is 0.244 e. The fourth-order valence-corrected chi connectivity index (χ4v) is 3.35. The molecule has 8 heteroatoms. The van der Waals surface area contributed by atoms with Crippen LogP contribution in [-0.2, 0) is 16.4 Å². The molecule has 0 saturated carbocycles. The Labute approximate surface area is 116 Å². The number of anilines is 1. The van der Waals surface area contributed by atoms with Gasteiger partial charge in [-0.25, -0.2) is 18.1 Å². The molecule has 2 aromatic rings. The van der Waals surface area contributed by atoms with Crippen LogP contribution >= 0.6 is 11.3 Å². The number of rotatable bonds is 6. The molecule has 2 aromatic heterocycles. The third-order valence-electron chi connectivity index (χ3n) is 2.46. The van der Waals surface area contributed by atoms with Gasteiger partial charge >= 0.3 is 0 Å². The van der Waals surface area contributed by atoms with E-state index in [-0.39, 0.29) is 4.90 Å². The highest BCUT2D eigenvalue weighted by molar-refractivity contribution is 7.89. The van der Waals surface area contributed by atoms with Crippen LogP contribution in [0.1, 0.15) is 5.01 Å². The molecule has 0 radical (unpaired) electrons. The second kappa shape index (κ2) is 6.09. The third-order valence-corrected chi connectivity index (χ3v) is 4.79. The number of aromatic nitrogens is 2. The number of hydrogen-bond acceptors (Lipinski definition) is 6. The van der Waals surface area contributed by atoms with Gasteiger partial charge in [-0.15, -0.1) is 11.3 Å². The summed E-state index contributed by atoms with van der Waals surface area (Å²) in [5.41, 5.74) is 0.525. The zero-order chi connectivity index (χ0) is 13.7. The maximum absolute atomic E-state index is 12.1. The molecular weight excluding hydrogens is 284 g/mol. The van der Waals surface area contributed by atoms with Crippen LogP contribution in [0, 0.1) is 0 Å². The van der Waals surface area contributed by atoms with Crippen LogP contribution in [0.15, 0.2) is 34.9 Å². The van der Waals surface area contributed by atoms with Crippen molar-refractivity contribution in [2.24, 2.45) is 0 Å². The van der Waals surface area contributed by atoms with E-state index in [1.807, 2.05) is 5.38 Å². The van der Waals surface area contributed by atoms with E-state index in [9.17, 15) is 8.42 Å². The minimum absolute atomic E-state index is 0.150. The smallest absolute Gasteiger partial charge is 0.244 e. The second-order valence-corrected chi connectivity index (χ2v) is 6.41. The van der Waals surface area contributed by atoms with Crippen molar-refractivity contribution in [1.82, 2.24) is 14.7 Å². The highest BCUT2D eigenvalue weighted by Crippen LogP contribution is 2.18. The predicted molar refractivity (Wildman–Crippen MR) is 74.8 cm³/mol. The van der Waals surface area contributed by atoms with E-state index in [4.69, 9.17) is 0 Å². The Hall–Kier alpha value is -1.51. The van der Waals surface area contributed by atoms with E-state index in [2.05, 4.69) is 20.0 Å².